The van der Waals surface area contributed by atoms with Gasteiger partial charge in [-0.3, -0.25) is 9.59 Å². The van der Waals surface area contributed by atoms with Gasteiger partial charge in [-0.05, 0) is 63.5 Å². The van der Waals surface area contributed by atoms with Gasteiger partial charge in [-0.2, -0.15) is 0 Å². The summed E-state index contributed by atoms with van der Waals surface area (Å²) in [5, 5.41) is 0. The summed E-state index contributed by atoms with van der Waals surface area (Å²) in [6.45, 7) is 5.33. The van der Waals surface area contributed by atoms with Gasteiger partial charge in [0.15, 0.2) is 0 Å². The maximum atomic E-state index is 11.8. The maximum Gasteiger partial charge on any atom is 2.00 e. The van der Waals surface area contributed by atoms with Gasteiger partial charge in [0.2, 0.25) is 11.8 Å². The van der Waals surface area contributed by atoms with Crippen LogP contribution in [-0.2, 0) is 29.8 Å². The molecule has 0 saturated carbocycles. The molecule has 13 heteroatoms. The largest absolute Gasteiger partial charge is 2.00 e. The number of likely N-dealkylation sites (N-methyl/N-ethyl adjacent to an activating group) is 2. The number of nitrogens with zero attached hydrogens (tertiary/aromatic N) is 2. The van der Waals surface area contributed by atoms with E-state index in [9.17, 15) is 35.5 Å². The molecule has 2 amide bonds. The summed E-state index contributed by atoms with van der Waals surface area (Å²) in [6.07, 6.45) is 25.3. The second kappa shape index (κ2) is 32.1. The van der Waals surface area contributed by atoms with E-state index in [1.807, 2.05) is 12.2 Å². The Labute approximate surface area is 305 Å². The average molecular weight is 705 g/mol. The van der Waals surface area contributed by atoms with Gasteiger partial charge < -0.3 is 18.9 Å². The van der Waals surface area contributed by atoms with Crippen LogP contribution in [0, 0.1) is 0 Å². The van der Waals surface area contributed by atoms with Crippen molar-refractivity contribution in [1.29, 1.82) is 0 Å². The summed E-state index contributed by atoms with van der Waals surface area (Å²) in [5.41, 5.74) is 0. The van der Waals surface area contributed by atoms with Crippen LogP contribution in [0.25, 0.3) is 0 Å². The molecular weight excluding hydrogens is 645 g/mol. The molecule has 0 aliphatic rings. The zero-order valence-corrected chi connectivity index (χ0v) is 32.4. The number of carbonyl (C=O) groups is 2. The van der Waals surface area contributed by atoms with E-state index >= 15 is 0 Å². The molecule has 10 nitrogen and oxygen atoms in total. The van der Waals surface area contributed by atoms with E-state index in [0.717, 1.165) is 25.7 Å². The molecule has 0 aromatic carbocycles. The summed E-state index contributed by atoms with van der Waals surface area (Å²) in [6, 6.07) is 0. The Balaban J connectivity index is -0.000000767. The zero-order chi connectivity index (χ0) is 33.7. The SMILES string of the molecule is CCCCCCCC/C=C/C(=O)N(C)CCCCS(=O)(=O)[O-].CCCCCCCC/C=C/C(=O)N(C)CCCCS(=O)(=O)[O-].[Ca+2]. The Kier molecular flexibility index (Phi) is 34.8. The summed E-state index contributed by atoms with van der Waals surface area (Å²) in [5.74, 6) is -0.863. The monoisotopic (exact) mass is 704 g/mol. The third-order valence-electron chi connectivity index (χ3n) is 7.00. The van der Waals surface area contributed by atoms with E-state index in [4.69, 9.17) is 0 Å². The standard InChI is InChI=1S/2C16H31NO4S.Ca/c2*1-3-4-5-6-7-8-9-10-13-16(18)17(2)14-11-12-15-22(19,20)21;/h2*10,13H,3-9,11-12,14-15H2,1-2H3,(H,19,20,21);/q;;+2/p-2/b2*13-10+;. The van der Waals surface area contributed by atoms with E-state index in [2.05, 4.69) is 13.8 Å². The molecule has 0 unspecified atom stereocenters. The molecule has 0 aliphatic heterocycles. The topological polar surface area (TPSA) is 155 Å². The van der Waals surface area contributed by atoms with E-state index in [-0.39, 0.29) is 61.1 Å². The molecule has 0 fully saturated rings. The van der Waals surface area contributed by atoms with Gasteiger partial charge in [0.25, 0.3) is 0 Å². The van der Waals surface area contributed by atoms with Crippen LogP contribution in [0.2, 0.25) is 0 Å². The van der Waals surface area contributed by atoms with Crippen LogP contribution >= 0.6 is 0 Å². The molecule has 0 bridgehead atoms. The predicted molar refractivity (Wildman–Crippen MR) is 183 cm³/mol. The Morgan fingerprint density at radius 1 is 0.533 bits per heavy atom. The smallest absolute Gasteiger partial charge is 0.748 e. The summed E-state index contributed by atoms with van der Waals surface area (Å²) < 4.78 is 62.7. The second-order valence-electron chi connectivity index (χ2n) is 11.4. The quantitative estimate of drug-likeness (QED) is 0.0476. The number of rotatable bonds is 26. The van der Waals surface area contributed by atoms with Crippen molar-refractivity contribution in [3.8, 4) is 0 Å². The molecule has 45 heavy (non-hydrogen) atoms. The summed E-state index contributed by atoms with van der Waals surface area (Å²) >= 11 is 0. The minimum Gasteiger partial charge on any atom is -0.748 e. The van der Waals surface area contributed by atoms with Gasteiger partial charge in [-0.15, -0.1) is 0 Å². The van der Waals surface area contributed by atoms with Crippen molar-refractivity contribution in [1.82, 2.24) is 9.80 Å². The number of hydrogen-bond donors (Lipinski definition) is 0. The van der Waals surface area contributed by atoms with Crippen LogP contribution in [0.1, 0.15) is 129 Å². The van der Waals surface area contributed by atoms with Crippen molar-refractivity contribution < 1.29 is 35.5 Å². The molecule has 0 radical (unpaired) electrons. The zero-order valence-electron chi connectivity index (χ0n) is 28.5. The molecule has 0 rings (SSSR count). The number of unbranched alkanes of at least 4 members (excludes halogenated alkanes) is 14. The van der Waals surface area contributed by atoms with Crippen LogP contribution < -0.4 is 0 Å². The predicted octanol–water partition coefficient (Wildman–Crippen LogP) is 5.77. The van der Waals surface area contributed by atoms with Gasteiger partial charge in [-0.25, -0.2) is 16.8 Å². The first kappa shape index (κ1) is 48.9. The molecule has 0 aromatic heterocycles. The second-order valence-corrected chi connectivity index (χ2v) is 14.4. The van der Waals surface area contributed by atoms with Gasteiger partial charge in [0, 0.05) is 38.7 Å². The van der Waals surface area contributed by atoms with Gasteiger partial charge in [0.1, 0.15) is 0 Å². The van der Waals surface area contributed by atoms with Crippen molar-refractivity contribution in [2.24, 2.45) is 0 Å². The van der Waals surface area contributed by atoms with Crippen LogP contribution in [0.3, 0.4) is 0 Å². The Bertz CT molecular complexity index is 923. The minimum atomic E-state index is -4.14. The number of allylic oxidation sites excluding steroid dienone is 2. The third kappa shape index (κ3) is 39.6. The molecule has 0 N–H and O–H groups in total. The molecule has 0 saturated heterocycles. The summed E-state index contributed by atoms with van der Waals surface area (Å²) in [4.78, 5) is 26.6. The number of hydrogen-bond acceptors (Lipinski definition) is 8. The fourth-order valence-electron chi connectivity index (χ4n) is 4.18. The van der Waals surface area contributed by atoms with E-state index < -0.39 is 20.2 Å². The molecule has 0 atom stereocenters. The Hall–Kier alpha value is -0.500. The minimum absolute atomic E-state index is 0. The normalized spacial score (nSPS) is 11.7. The average Bonchev–Trinajstić information content (AvgIpc) is 2.95. The first-order valence-electron chi connectivity index (χ1n) is 16.4. The molecule has 0 aliphatic carbocycles. The van der Waals surface area contributed by atoms with Crippen molar-refractivity contribution >= 4 is 69.8 Å². The van der Waals surface area contributed by atoms with Crippen LogP contribution in [-0.4, -0.2) is 124 Å². The Morgan fingerprint density at radius 2 is 0.844 bits per heavy atom. The maximum absolute atomic E-state index is 11.8. The van der Waals surface area contributed by atoms with Gasteiger partial charge >= 0.3 is 37.7 Å². The molecular formula is C32H60CaN2O8S2. The van der Waals surface area contributed by atoms with E-state index in [0.29, 0.717) is 38.8 Å². The fourth-order valence-corrected chi connectivity index (χ4v) is 5.30. The third-order valence-corrected chi connectivity index (χ3v) is 8.58. The Morgan fingerprint density at radius 3 is 1.16 bits per heavy atom. The van der Waals surface area contributed by atoms with Crippen molar-refractivity contribution in [3.63, 3.8) is 0 Å². The fraction of sp³-hybridized carbons (Fsp3) is 0.812. The van der Waals surface area contributed by atoms with Crippen LogP contribution in [0.15, 0.2) is 24.3 Å². The van der Waals surface area contributed by atoms with Crippen LogP contribution in [0.5, 0.6) is 0 Å². The van der Waals surface area contributed by atoms with E-state index in [1.54, 1.807) is 36.0 Å². The molecule has 0 spiro atoms. The molecule has 0 aromatic rings. The molecule has 260 valence electrons. The number of carbonyl (C=O) groups excluding carboxylic acids is 2. The summed E-state index contributed by atoms with van der Waals surface area (Å²) in [7, 11) is -4.91. The van der Waals surface area contributed by atoms with Crippen molar-refractivity contribution in [2.75, 3.05) is 38.7 Å². The van der Waals surface area contributed by atoms with Crippen molar-refractivity contribution in [3.05, 3.63) is 24.3 Å². The molecule has 0 heterocycles. The first-order valence-corrected chi connectivity index (χ1v) is 19.6. The first-order chi connectivity index (χ1) is 20.7. The van der Waals surface area contributed by atoms with Crippen molar-refractivity contribution in [2.45, 2.75) is 129 Å². The number of amides is 2. The van der Waals surface area contributed by atoms with E-state index in [1.165, 1.54) is 64.2 Å². The van der Waals surface area contributed by atoms with Crippen LogP contribution in [0.4, 0.5) is 0 Å². The van der Waals surface area contributed by atoms with Gasteiger partial charge in [0.05, 0.1) is 20.2 Å². The van der Waals surface area contributed by atoms with Gasteiger partial charge in [-0.1, -0.05) is 90.2 Å².